The Morgan fingerprint density at radius 3 is 2.61 bits per heavy atom. The van der Waals surface area contributed by atoms with Gasteiger partial charge < -0.3 is 4.42 Å². The van der Waals surface area contributed by atoms with Crippen LogP contribution in [0.2, 0.25) is 0 Å². The number of pyridine rings is 2. The second-order valence-corrected chi connectivity index (χ2v) is 6.21. The first-order valence-corrected chi connectivity index (χ1v) is 7.80. The number of rotatable bonds is 1. The van der Waals surface area contributed by atoms with E-state index >= 15 is 0 Å². The fraction of sp³-hybridized carbons (Fsp3) is 0.200. The molecule has 0 saturated heterocycles. The highest BCUT2D eigenvalue weighted by molar-refractivity contribution is 6.10. The van der Waals surface area contributed by atoms with E-state index in [1.807, 2.05) is 13.0 Å². The molecule has 1 aromatic carbocycles. The first-order chi connectivity index (χ1) is 11.1. The normalized spacial score (nSPS) is 11.5. The molecular weight excluding hydrogens is 284 g/mol. The molecular formula is C20H19N2O+. The van der Waals surface area contributed by atoms with Crippen LogP contribution in [-0.4, -0.2) is 4.98 Å². The summed E-state index contributed by atoms with van der Waals surface area (Å²) < 4.78 is 8.39. The third-order valence-corrected chi connectivity index (χ3v) is 4.49. The molecule has 0 radical (unpaired) electrons. The van der Waals surface area contributed by atoms with Gasteiger partial charge in [-0.2, -0.15) is 0 Å². The number of fused-ring (bicyclic) bond motifs is 3. The summed E-state index contributed by atoms with van der Waals surface area (Å²) in [5.41, 5.74) is 7.60. The van der Waals surface area contributed by atoms with Crippen molar-refractivity contribution in [3.8, 4) is 11.3 Å². The molecule has 0 saturated carbocycles. The Morgan fingerprint density at radius 2 is 1.83 bits per heavy atom. The van der Waals surface area contributed by atoms with Crippen LogP contribution in [-0.2, 0) is 7.05 Å². The third-order valence-electron chi connectivity index (χ3n) is 4.49. The summed E-state index contributed by atoms with van der Waals surface area (Å²) in [6, 6.07) is 10.6. The maximum Gasteiger partial charge on any atom is 0.216 e. The molecule has 0 spiro atoms. The lowest BCUT2D eigenvalue weighted by molar-refractivity contribution is -0.660. The highest BCUT2D eigenvalue weighted by Crippen LogP contribution is 2.37. The number of aryl methyl sites for hydroxylation is 4. The van der Waals surface area contributed by atoms with Gasteiger partial charge in [-0.15, -0.1) is 0 Å². The maximum atomic E-state index is 6.23. The van der Waals surface area contributed by atoms with Crippen molar-refractivity contribution in [3.63, 3.8) is 0 Å². The van der Waals surface area contributed by atoms with Crippen molar-refractivity contribution in [3.05, 3.63) is 59.5 Å². The largest absolute Gasteiger partial charge is 0.455 e. The Balaban J connectivity index is 2.16. The van der Waals surface area contributed by atoms with E-state index in [0.29, 0.717) is 0 Å². The van der Waals surface area contributed by atoms with Gasteiger partial charge in [0.2, 0.25) is 5.69 Å². The quantitative estimate of drug-likeness (QED) is 0.488. The molecule has 0 N–H and O–H groups in total. The van der Waals surface area contributed by atoms with Crippen LogP contribution in [0, 0.1) is 20.8 Å². The van der Waals surface area contributed by atoms with Crippen LogP contribution >= 0.6 is 0 Å². The van der Waals surface area contributed by atoms with Gasteiger partial charge in [-0.05, 0) is 38.5 Å². The standard InChI is InChI=1S/C20H19N2O/c1-12-5-8-16(22(4)11-12)18-13(2)6-7-15-19-14(3)21-10-9-17(19)23-20(15)18/h5-11H,1-4H3/q+1. The zero-order valence-corrected chi connectivity index (χ0v) is 13.8. The van der Waals surface area contributed by atoms with E-state index in [9.17, 15) is 0 Å². The van der Waals surface area contributed by atoms with E-state index in [-0.39, 0.29) is 0 Å². The lowest BCUT2D eigenvalue weighted by Gasteiger charge is -2.06. The molecule has 0 aliphatic heterocycles. The molecule has 114 valence electrons. The predicted octanol–water partition coefficient (Wildman–Crippen LogP) is 4.40. The van der Waals surface area contributed by atoms with Crippen molar-refractivity contribution in [2.45, 2.75) is 20.8 Å². The lowest BCUT2D eigenvalue weighted by atomic mass is 10.00. The molecule has 3 heteroatoms. The minimum Gasteiger partial charge on any atom is -0.455 e. The minimum atomic E-state index is 0.897. The SMILES string of the molecule is Cc1ccc(-c2c(C)ccc3c2oc2ccnc(C)c23)[n+](C)c1. The van der Waals surface area contributed by atoms with Crippen molar-refractivity contribution >= 4 is 21.9 Å². The lowest BCUT2D eigenvalue weighted by Crippen LogP contribution is -2.31. The molecule has 0 bridgehead atoms. The van der Waals surface area contributed by atoms with Crippen LogP contribution in [0.4, 0.5) is 0 Å². The summed E-state index contributed by atoms with van der Waals surface area (Å²) in [5.74, 6) is 0. The smallest absolute Gasteiger partial charge is 0.216 e. The molecule has 0 aliphatic carbocycles. The number of hydrogen-bond donors (Lipinski definition) is 0. The van der Waals surface area contributed by atoms with E-state index in [2.05, 4.69) is 60.9 Å². The number of hydrogen-bond acceptors (Lipinski definition) is 2. The molecule has 4 rings (SSSR count). The summed E-state index contributed by atoms with van der Waals surface area (Å²) in [6.07, 6.45) is 3.95. The van der Waals surface area contributed by atoms with Crippen molar-refractivity contribution in [2.75, 3.05) is 0 Å². The first-order valence-electron chi connectivity index (χ1n) is 7.80. The highest BCUT2D eigenvalue weighted by atomic mass is 16.3. The third kappa shape index (κ3) is 2.04. The van der Waals surface area contributed by atoms with Crippen LogP contribution < -0.4 is 4.57 Å². The Bertz CT molecular complexity index is 1060. The van der Waals surface area contributed by atoms with Gasteiger partial charge in [0.15, 0.2) is 6.20 Å². The monoisotopic (exact) mass is 303 g/mol. The van der Waals surface area contributed by atoms with Crippen molar-refractivity contribution in [2.24, 2.45) is 7.05 Å². The number of nitrogens with zero attached hydrogens (tertiary/aromatic N) is 2. The Kier molecular flexibility index (Phi) is 2.98. The minimum absolute atomic E-state index is 0.897. The summed E-state index contributed by atoms with van der Waals surface area (Å²) in [6.45, 7) is 6.27. The molecule has 23 heavy (non-hydrogen) atoms. The molecule has 0 atom stereocenters. The maximum absolute atomic E-state index is 6.23. The van der Waals surface area contributed by atoms with Gasteiger partial charge in [0.25, 0.3) is 0 Å². The average molecular weight is 303 g/mol. The van der Waals surface area contributed by atoms with Crippen molar-refractivity contribution < 1.29 is 8.98 Å². The molecule has 0 fully saturated rings. The summed E-state index contributed by atoms with van der Waals surface area (Å²) in [5, 5.41) is 2.24. The number of aromatic nitrogens is 2. The van der Waals surface area contributed by atoms with Gasteiger partial charge in [0.05, 0.1) is 5.56 Å². The Labute approximate surface area is 135 Å². The van der Waals surface area contributed by atoms with Crippen molar-refractivity contribution in [1.82, 2.24) is 4.98 Å². The molecule has 4 aromatic rings. The highest BCUT2D eigenvalue weighted by Gasteiger charge is 2.21. The zero-order chi connectivity index (χ0) is 16.1. The van der Waals surface area contributed by atoms with Crippen LogP contribution in [0.25, 0.3) is 33.2 Å². The van der Waals surface area contributed by atoms with E-state index in [1.54, 1.807) is 6.20 Å². The van der Waals surface area contributed by atoms with Gasteiger partial charge in [-0.3, -0.25) is 4.98 Å². The second kappa shape index (κ2) is 4.92. The fourth-order valence-corrected chi connectivity index (χ4v) is 3.37. The fourth-order valence-electron chi connectivity index (χ4n) is 3.37. The van der Waals surface area contributed by atoms with E-state index in [1.165, 1.54) is 11.1 Å². The Morgan fingerprint density at radius 1 is 1.00 bits per heavy atom. The predicted molar refractivity (Wildman–Crippen MR) is 92.3 cm³/mol. The molecule has 3 heterocycles. The van der Waals surface area contributed by atoms with Gasteiger partial charge in [-0.25, -0.2) is 4.57 Å². The van der Waals surface area contributed by atoms with Crippen LogP contribution in [0.3, 0.4) is 0 Å². The second-order valence-electron chi connectivity index (χ2n) is 6.21. The topological polar surface area (TPSA) is 29.9 Å². The average Bonchev–Trinajstić information content (AvgIpc) is 2.88. The van der Waals surface area contributed by atoms with Crippen LogP contribution in [0.15, 0.2) is 47.1 Å². The molecule has 0 unspecified atom stereocenters. The zero-order valence-electron chi connectivity index (χ0n) is 13.8. The van der Waals surface area contributed by atoms with E-state index in [4.69, 9.17) is 4.42 Å². The summed E-state index contributed by atoms with van der Waals surface area (Å²) >= 11 is 0. The summed E-state index contributed by atoms with van der Waals surface area (Å²) in [7, 11) is 2.08. The first kappa shape index (κ1) is 13.9. The molecule has 0 aliphatic rings. The van der Waals surface area contributed by atoms with Gasteiger partial charge in [-0.1, -0.05) is 12.1 Å². The van der Waals surface area contributed by atoms with Crippen molar-refractivity contribution in [1.29, 1.82) is 0 Å². The van der Waals surface area contributed by atoms with Gasteiger partial charge >= 0.3 is 0 Å². The number of furan rings is 1. The van der Waals surface area contributed by atoms with Crippen LogP contribution in [0.5, 0.6) is 0 Å². The van der Waals surface area contributed by atoms with E-state index in [0.717, 1.165) is 38.9 Å². The molecule has 3 nitrogen and oxygen atoms in total. The number of benzene rings is 1. The van der Waals surface area contributed by atoms with Gasteiger partial charge in [0.1, 0.15) is 18.2 Å². The van der Waals surface area contributed by atoms with Gasteiger partial charge in [0, 0.05) is 34.3 Å². The molecule has 3 aromatic heterocycles. The van der Waals surface area contributed by atoms with E-state index < -0.39 is 0 Å². The summed E-state index contributed by atoms with van der Waals surface area (Å²) in [4.78, 5) is 4.42. The molecule has 0 amide bonds. The van der Waals surface area contributed by atoms with Crippen LogP contribution in [0.1, 0.15) is 16.8 Å². The Hall–Kier alpha value is -2.68.